The highest BCUT2D eigenvalue weighted by molar-refractivity contribution is 8.18. The van der Waals surface area contributed by atoms with Crippen LogP contribution in [0.3, 0.4) is 0 Å². The van der Waals surface area contributed by atoms with E-state index in [2.05, 4.69) is 4.99 Å². The zero-order valence-electron chi connectivity index (χ0n) is 15.6. The molecule has 0 atom stereocenters. The lowest BCUT2D eigenvalue weighted by Gasteiger charge is -2.11. The topological polar surface area (TPSA) is 51.1 Å². The normalized spacial score (nSPS) is 17.0. The predicted molar refractivity (Wildman–Crippen MR) is 111 cm³/mol. The molecule has 1 amide bonds. The van der Waals surface area contributed by atoms with Crippen LogP contribution in [0.15, 0.2) is 58.4 Å². The number of amidine groups is 1. The van der Waals surface area contributed by atoms with Gasteiger partial charge in [0.05, 0.1) is 23.8 Å². The third-order valence-corrected chi connectivity index (χ3v) is 4.91. The molecule has 1 aliphatic rings. The Kier molecular flexibility index (Phi) is 6.19. The standard InChI is InChI=1S/C21H22N2O3S/c1-4-25-17-12-11-15(13-18(17)26-5-2)14-19-20(24)23(3)21(27-19)22-16-9-7-6-8-10-16/h6-14H,4-5H2,1-3H3/b19-14+,22-21?. The highest BCUT2D eigenvalue weighted by Crippen LogP contribution is 2.35. The Morgan fingerprint density at radius 2 is 1.74 bits per heavy atom. The number of thioether (sulfide) groups is 1. The number of aliphatic imine (C=N–C) groups is 1. The van der Waals surface area contributed by atoms with E-state index in [1.807, 2.05) is 68.5 Å². The lowest BCUT2D eigenvalue weighted by atomic mass is 10.2. The molecule has 2 aromatic rings. The molecule has 1 saturated heterocycles. The molecule has 1 aliphatic heterocycles. The molecule has 0 radical (unpaired) electrons. The molecule has 27 heavy (non-hydrogen) atoms. The minimum atomic E-state index is -0.0680. The van der Waals surface area contributed by atoms with Gasteiger partial charge in [-0.25, -0.2) is 4.99 Å². The van der Waals surface area contributed by atoms with E-state index < -0.39 is 0 Å². The molecule has 1 heterocycles. The van der Waals surface area contributed by atoms with E-state index in [1.54, 1.807) is 11.9 Å². The van der Waals surface area contributed by atoms with Crippen LogP contribution < -0.4 is 9.47 Å². The summed E-state index contributed by atoms with van der Waals surface area (Å²) in [4.78, 5) is 19.4. The molecular formula is C21H22N2O3S. The van der Waals surface area contributed by atoms with Crippen LogP contribution in [0.1, 0.15) is 19.4 Å². The molecule has 6 heteroatoms. The summed E-state index contributed by atoms with van der Waals surface area (Å²) < 4.78 is 11.3. The summed E-state index contributed by atoms with van der Waals surface area (Å²) in [5, 5.41) is 0.661. The number of para-hydroxylation sites is 1. The van der Waals surface area contributed by atoms with Crippen LogP contribution in [-0.2, 0) is 4.79 Å². The first-order valence-corrected chi connectivity index (χ1v) is 9.65. The monoisotopic (exact) mass is 382 g/mol. The van der Waals surface area contributed by atoms with Gasteiger partial charge in [-0.05, 0) is 61.5 Å². The molecule has 3 rings (SSSR count). The second kappa shape index (κ2) is 8.77. The van der Waals surface area contributed by atoms with Crippen LogP contribution in [0.25, 0.3) is 6.08 Å². The predicted octanol–water partition coefficient (Wildman–Crippen LogP) is 4.72. The van der Waals surface area contributed by atoms with Crippen molar-refractivity contribution >= 4 is 34.6 Å². The zero-order chi connectivity index (χ0) is 19.2. The number of likely N-dealkylation sites (N-methyl/N-ethyl adjacent to an activating group) is 1. The molecular weight excluding hydrogens is 360 g/mol. The van der Waals surface area contributed by atoms with Crippen molar-refractivity contribution in [1.29, 1.82) is 0 Å². The Morgan fingerprint density at radius 3 is 2.44 bits per heavy atom. The Labute approximate surface area is 163 Å². The number of hydrogen-bond acceptors (Lipinski definition) is 5. The van der Waals surface area contributed by atoms with Crippen molar-refractivity contribution in [2.45, 2.75) is 13.8 Å². The third-order valence-electron chi connectivity index (χ3n) is 3.85. The van der Waals surface area contributed by atoms with Crippen LogP contribution in [-0.4, -0.2) is 36.2 Å². The lowest BCUT2D eigenvalue weighted by Crippen LogP contribution is -2.23. The van der Waals surface area contributed by atoms with Crippen LogP contribution in [0.5, 0.6) is 11.5 Å². The maximum absolute atomic E-state index is 12.6. The van der Waals surface area contributed by atoms with E-state index >= 15 is 0 Å². The van der Waals surface area contributed by atoms with Gasteiger partial charge in [0.25, 0.3) is 5.91 Å². The van der Waals surface area contributed by atoms with Crippen molar-refractivity contribution in [1.82, 2.24) is 4.90 Å². The van der Waals surface area contributed by atoms with Gasteiger partial charge in [0.1, 0.15) is 0 Å². The van der Waals surface area contributed by atoms with Crippen LogP contribution in [0.2, 0.25) is 0 Å². The number of nitrogens with zero attached hydrogens (tertiary/aromatic N) is 2. The summed E-state index contributed by atoms with van der Waals surface area (Å²) in [6.45, 7) is 4.98. The summed E-state index contributed by atoms with van der Waals surface area (Å²) in [6.07, 6.45) is 1.86. The van der Waals surface area contributed by atoms with E-state index in [-0.39, 0.29) is 5.91 Å². The summed E-state index contributed by atoms with van der Waals surface area (Å²) in [6, 6.07) is 15.3. The Balaban J connectivity index is 1.87. The highest BCUT2D eigenvalue weighted by atomic mass is 32.2. The molecule has 0 spiro atoms. The van der Waals surface area contributed by atoms with Gasteiger partial charge < -0.3 is 9.47 Å². The third kappa shape index (κ3) is 4.52. The van der Waals surface area contributed by atoms with E-state index in [0.717, 1.165) is 11.3 Å². The Morgan fingerprint density at radius 1 is 1.04 bits per heavy atom. The first-order valence-electron chi connectivity index (χ1n) is 8.83. The van der Waals surface area contributed by atoms with Crippen molar-refractivity contribution in [3.63, 3.8) is 0 Å². The van der Waals surface area contributed by atoms with Crippen LogP contribution >= 0.6 is 11.8 Å². The first-order chi connectivity index (χ1) is 13.1. The van der Waals surface area contributed by atoms with Crippen molar-refractivity contribution in [2.24, 2.45) is 4.99 Å². The summed E-state index contributed by atoms with van der Waals surface area (Å²) in [7, 11) is 1.74. The van der Waals surface area contributed by atoms with E-state index in [1.165, 1.54) is 11.8 Å². The molecule has 0 unspecified atom stereocenters. The summed E-state index contributed by atoms with van der Waals surface area (Å²) >= 11 is 1.37. The van der Waals surface area contributed by atoms with E-state index in [9.17, 15) is 4.79 Å². The van der Waals surface area contributed by atoms with Gasteiger partial charge in [-0.15, -0.1) is 0 Å². The van der Waals surface area contributed by atoms with Gasteiger partial charge in [-0.1, -0.05) is 24.3 Å². The quantitative estimate of drug-likeness (QED) is 0.679. The van der Waals surface area contributed by atoms with Gasteiger partial charge in [-0.3, -0.25) is 9.69 Å². The molecule has 0 aliphatic carbocycles. The second-order valence-electron chi connectivity index (χ2n) is 5.78. The Hall–Kier alpha value is -2.73. The van der Waals surface area contributed by atoms with Gasteiger partial charge >= 0.3 is 0 Å². The number of amides is 1. The van der Waals surface area contributed by atoms with Crippen LogP contribution in [0, 0.1) is 0 Å². The van der Waals surface area contributed by atoms with Crippen molar-refractivity contribution in [2.75, 3.05) is 20.3 Å². The first kappa shape index (κ1) is 19.0. The molecule has 0 aromatic heterocycles. The number of hydrogen-bond donors (Lipinski definition) is 0. The largest absolute Gasteiger partial charge is 0.490 e. The number of carbonyl (C=O) groups is 1. The number of ether oxygens (including phenoxy) is 2. The zero-order valence-corrected chi connectivity index (χ0v) is 16.5. The maximum Gasteiger partial charge on any atom is 0.266 e. The van der Waals surface area contributed by atoms with Gasteiger partial charge in [-0.2, -0.15) is 0 Å². The fraction of sp³-hybridized carbons (Fsp3) is 0.238. The average molecular weight is 382 g/mol. The SMILES string of the molecule is CCOc1ccc(/C=C2/SC(=Nc3ccccc3)N(C)C2=O)cc1OCC. The lowest BCUT2D eigenvalue weighted by molar-refractivity contribution is -0.121. The van der Waals surface area contributed by atoms with Gasteiger partial charge in [0, 0.05) is 7.05 Å². The van der Waals surface area contributed by atoms with E-state index in [4.69, 9.17) is 9.47 Å². The fourth-order valence-electron chi connectivity index (χ4n) is 2.57. The summed E-state index contributed by atoms with van der Waals surface area (Å²) in [5.41, 5.74) is 1.70. The van der Waals surface area contributed by atoms with Gasteiger partial charge in [0.15, 0.2) is 16.7 Å². The van der Waals surface area contributed by atoms with Crippen LogP contribution in [0.4, 0.5) is 5.69 Å². The number of rotatable bonds is 6. The molecule has 0 N–H and O–H groups in total. The molecule has 2 aromatic carbocycles. The minimum Gasteiger partial charge on any atom is -0.490 e. The molecule has 0 saturated carbocycles. The highest BCUT2D eigenvalue weighted by Gasteiger charge is 2.30. The van der Waals surface area contributed by atoms with Crippen molar-refractivity contribution in [3.05, 3.63) is 59.0 Å². The molecule has 5 nitrogen and oxygen atoms in total. The maximum atomic E-state index is 12.6. The second-order valence-corrected chi connectivity index (χ2v) is 6.79. The van der Waals surface area contributed by atoms with Gasteiger partial charge in [0.2, 0.25) is 0 Å². The minimum absolute atomic E-state index is 0.0680. The smallest absolute Gasteiger partial charge is 0.266 e. The Bertz CT molecular complexity index is 878. The van der Waals surface area contributed by atoms with E-state index in [0.29, 0.717) is 34.8 Å². The molecule has 140 valence electrons. The fourth-order valence-corrected chi connectivity index (χ4v) is 3.56. The van der Waals surface area contributed by atoms with Crippen molar-refractivity contribution < 1.29 is 14.3 Å². The number of benzene rings is 2. The summed E-state index contributed by atoms with van der Waals surface area (Å²) in [5.74, 6) is 1.31. The average Bonchev–Trinajstić information content (AvgIpc) is 2.93. The number of carbonyl (C=O) groups excluding carboxylic acids is 1. The van der Waals surface area contributed by atoms with Crippen molar-refractivity contribution in [3.8, 4) is 11.5 Å². The molecule has 0 bridgehead atoms. The molecule has 1 fully saturated rings.